The normalized spacial score (nSPS) is 14.7. The van der Waals surface area contributed by atoms with Crippen LogP contribution in [0.1, 0.15) is 31.2 Å². The zero-order valence-corrected chi connectivity index (χ0v) is 13.4. The van der Waals surface area contributed by atoms with Crippen molar-refractivity contribution in [2.75, 3.05) is 29.9 Å². The molecule has 6 heteroatoms. The second kappa shape index (κ2) is 6.39. The van der Waals surface area contributed by atoms with Gasteiger partial charge in [-0.2, -0.15) is 4.98 Å². The van der Waals surface area contributed by atoms with Gasteiger partial charge in [0.15, 0.2) is 0 Å². The molecule has 1 fully saturated rings. The van der Waals surface area contributed by atoms with Crippen LogP contribution in [0.3, 0.4) is 0 Å². The first-order chi connectivity index (χ1) is 10.3. The molecular weight excluding hydrogens is 282 g/mol. The van der Waals surface area contributed by atoms with Gasteiger partial charge in [-0.15, -0.1) is 11.3 Å². The molecule has 0 amide bonds. The Hall–Kier alpha value is -1.69. The summed E-state index contributed by atoms with van der Waals surface area (Å²) in [4.78, 5) is 18.2. The number of aryl methyl sites for hydroxylation is 1. The van der Waals surface area contributed by atoms with E-state index in [9.17, 15) is 0 Å². The number of rotatable bonds is 5. The fourth-order valence-electron chi connectivity index (χ4n) is 2.54. The predicted molar refractivity (Wildman–Crippen MR) is 87.1 cm³/mol. The van der Waals surface area contributed by atoms with Crippen molar-refractivity contribution < 1.29 is 0 Å². The largest absolute Gasteiger partial charge is 0.354 e. The Bertz CT molecular complexity index is 578. The van der Waals surface area contributed by atoms with E-state index in [1.54, 1.807) is 11.3 Å². The van der Waals surface area contributed by atoms with Crippen molar-refractivity contribution in [2.45, 2.75) is 32.7 Å². The summed E-state index contributed by atoms with van der Waals surface area (Å²) in [7, 11) is 2.06. The van der Waals surface area contributed by atoms with E-state index in [2.05, 4.69) is 45.2 Å². The van der Waals surface area contributed by atoms with E-state index in [0.717, 1.165) is 49.2 Å². The standard InChI is InChI=1S/C15H21N5S/c1-3-12-8-14(19(2)9-13-10-21-11-16-13)18-15(17-12)20-6-4-5-7-20/h8,10-11H,3-7,9H2,1-2H3. The molecule has 5 nitrogen and oxygen atoms in total. The van der Waals surface area contributed by atoms with Gasteiger partial charge in [0, 0.05) is 37.3 Å². The van der Waals surface area contributed by atoms with Crippen molar-refractivity contribution >= 4 is 23.1 Å². The van der Waals surface area contributed by atoms with E-state index in [4.69, 9.17) is 4.98 Å². The summed E-state index contributed by atoms with van der Waals surface area (Å²) in [6.07, 6.45) is 3.41. The molecule has 1 aliphatic rings. The van der Waals surface area contributed by atoms with Gasteiger partial charge in [0.2, 0.25) is 5.95 Å². The lowest BCUT2D eigenvalue weighted by atomic mass is 10.3. The predicted octanol–water partition coefficient (Wildman–Crippen LogP) is 2.73. The molecule has 0 N–H and O–H groups in total. The minimum absolute atomic E-state index is 0.781. The average Bonchev–Trinajstić information content (AvgIpc) is 3.20. The van der Waals surface area contributed by atoms with Crippen LogP contribution in [0, 0.1) is 0 Å². The Kier molecular flexibility index (Phi) is 4.34. The highest BCUT2D eigenvalue weighted by Gasteiger charge is 2.17. The maximum Gasteiger partial charge on any atom is 0.227 e. The molecule has 0 radical (unpaired) electrons. The molecule has 3 rings (SSSR count). The van der Waals surface area contributed by atoms with Gasteiger partial charge in [-0.3, -0.25) is 0 Å². The Morgan fingerprint density at radius 3 is 2.71 bits per heavy atom. The third kappa shape index (κ3) is 3.32. The summed E-state index contributed by atoms with van der Waals surface area (Å²) >= 11 is 1.63. The third-order valence-electron chi connectivity index (χ3n) is 3.78. The second-order valence-electron chi connectivity index (χ2n) is 5.40. The first kappa shape index (κ1) is 14.3. The number of nitrogens with zero attached hydrogens (tertiary/aromatic N) is 5. The number of anilines is 2. The number of hydrogen-bond acceptors (Lipinski definition) is 6. The highest BCUT2D eigenvalue weighted by atomic mass is 32.1. The summed E-state index contributed by atoms with van der Waals surface area (Å²) in [6.45, 7) is 5.06. The first-order valence-corrected chi connectivity index (χ1v) is 8.41. The van der Waals surface area contributed by atoms with Crippen molar-refractivity contribution in [1.29, 1.82) is 0 Å². The van der Waals surface area contributed by atoms with Crippen LogP contribution in [0.25, 0.3) is 0 Å². The van der Waals surface area contributed by atoms with Crippen LogP contribution in [-0.4, -0.2) is 35.1 Å². The van der Waals surface area contributed by atoms with Crippen molar-refractivity contribution in [3.8, 4) is 0 Å². The molecule has 112 valence electrons. The molecule has 1 aliphatic heterocycles. The molecule has 0 aliphatic carbocycles. The zero-order valence-electron chi connectivity index (χ0n) is 12.6. The molecule has 0 aromatic carbocycles. The van der Waals surface area contributed by atoms with Gasteiger partial charge < -0.3 is 9.80 Å². The second-order valence-corrected chi connectivity index (χ2v) is 6.12. The van der Waals surface area contributed by atoms with Crippen molar-refractivity contribution in [3.63, 3.8) is 0 Å². The lowest BCUT2D eigenvalue weighted by Gasteiger charge is -2.21. The lowest BCUT2D eigenvalue weighted by Crippen LogP contribution is -2.24. The highest BCUT2D eigenvalue weighted by molar-refractivity contribution is 7.07. The van der Waals surface area contributed by atoms with Crippen LogP contribution in [0.2, 0.25) is 0 Å². The molecule has 1 saturated heterocycles. The van der Waals surface area contributed by atoms with E-state index in [-0.39, 0.29) is 0 Å². The molecule has 2 aromatic rings. The minimum Gasteiger partial charge on any atom is -0.354 e. The Morgan fingerprint density at radius 1 is 1.24 bits per heavy atom. The first-order valence-electron chi connectivity index (χ1n) is 7.47. The highest BCUT2D eigenvalue weighted by Crippen LogP contribution is 2.21. The van der Waals surface area contributed by atoms with Crippen molar-refractivity contribution in [3.05, 3.63) is 28.3 Å². The monoisotopic (exact) mass is 303 g/mol. The van der Waals surface area contributed by atoms with E-state index in [0.29, 0.717) is 0 Å². The van der Waals surface area contributed by atoms with Crippen LogP contribution in [0.5, 0.6) is 0 Å². The number of hydrogen-bond donors (Lipinski definition) is 0. The topological polar surface area (TPSA) is 45.2 Å². The Morgan fingerprint density at radius 2 is 2.05 bits per heavy atom. The fraction of sp³-hybridized carbons (Fsp3) is 0.533. The van der Waals surface area contributed by atoms with Gasteiger partial charge in [-0.25, -0.2) is 9.97 Å². The third-order valence-corrected chi connectivity index (χ3v) is 4.41. The van der Waals surface area contributed by atoms with Gasteiger partial charge >= 0.3 is 0 Å². The van der Waals surface area contributed by atoms with Gasteiger partial charge in [0.05, 0.1) is 17.7 Å². The fourth-order valence-corrected chi connectivity index (χ4v) is 3.09. The summed E-state index contributed by atoms with van der Waals surface area (Å²) in [5, 5.41) is 2.08. The quantitative estimate of drug-likeness (QED) is 0.850. The van der Waals surface area contributed by atoms with Gasteiger partial charge in [0.25, 0.3) is 0 Å². The molecule has 2 aromatic heterocycles. The van der Waals surface area contributed by atoms with Crippen LogP contribution in [0.4, 0.5) is 11.8 Å². The average molecular weight is 303 g/mol. The molecule has 0 spiro atoms. The van der Waals surface area contributed by atoms with Crippen LogP contribution < -0.4 is 9.80 Å². The van der Waals surface area contributed by atoms with Gasteiger partial charge in [0.1, 0.15) is 5.82 Å². The molecule has 0 saturated carbocycles. The smallest absolute Gasteiger partial charge is 0.227 e. The Labute approximate surface area is 129 Å². The van der Waals surface area contributed by atoms with Crippen LogP contribution in [0.15, 0.2) is 17.0 Å². The SMILES string of the molecule is CCc1cc(N(C)Cc2cscn2)nc(N2CCCC2)n1. The molecule has 0 unspecified atom stereocenters. The van der Waals surface area contributed by atoms with Crippen LogP contribution in [-0.2, 0) is 13.0 Å². The molecule has 0 bridgehead atoms. The maximum atomic E-state index is 4.76. The van der Waals surface area contributed by atoms with E-state index < -0.39 is 0 Å². The summed E-state index contributed by atoms with van der Waals surface area (Å²) < 4.78 is 0. The van der Waals surface area contributed by atoms with Gasteiger partial charge in [-0.05, 0) is 19.3 Å². The molecule has 21 heavy (non-hydrogen) atoms. The minimum atomic E-state index is 0.781. The molecule has 0 atom stereocenters. The Balaban J connectivity index is 1.84. The number of thiazole rings is 1. The summed E-state index contributed by atoms with van der Waals surface area (Å²) in [5.74, 6) is 1.86. The number of aromatic nitrogens is 3. The van der Waals surface area contributed by atoms with Crippen LogP contribution >= 0.6 is 11.3 Å². The van der Waals surface area contributed by atoms with E-state index in [1.807, 2.05) is 5.51 Å². The van der Waals surface area contributed by atoms with Crippen molar-refractivity contribution in [1.82, 2.24) is 15.0 Å². The maximum absolute atomic E-state index is 4.76. The lowest BCUT2D eigenvalue weighted by molar-refractivity contribution is 0.831. The van der Waals surface area contributed by atoms with Gasteiger partial charge in [-0.1, -0.05) is 6.92 Å². The van der Waals surface area contributed by atoms with E-state index >= 15 is 0 Å². The van der Waals surface area contributed by atoms with Crippen molar-refractivity contribution in [2.24, 2.45) is 0 Å². The zero-order chi connectivity index (χ0) is 14.7. The summed E-state index contributed by atoms with van der Waals surface area (Å²) in [5.41, 5.74) is 4.06. The molecule has 3 heterocycles. The summed E-state index contributed by atoms with van der Waals surface area (Å²) in [6, 6.07) is 2.09. The molecular formula is C15H21N5S. The van der Waals surface area contributed by atoms with E-state index in [1.165, 1.54) is 12.8 Å².